The number of nitro groups is 1. The second-order valence-electron chi connectivity index (χ2n) is 6.18. The quantitative estimate of drug-likeness (QED) is 0.655. The Morgan fingerprint density at radius 3 is 2.21 bits per heavy atom. The molecule has 1 spiro atoms. The van der Waals surface area contributed by atoms with E-state index in [1.807, 2.05) is 12.1 Å². The van der Waals surface area contributed by atoms with Crippen molar-refractivity contribution in [3.63, 3.8) is 0 Å². The van der Waals surface area contributed by atoms with Gasteiger partial charge in [0, 0.05) is 12.1 Å². The molecule has 0 amide bonds. The van der Waals surface area contributed by atoms with Crippen LogP contribution in [0.1, 0.15) is 50.0 Å². The molecule has 0 saturated heterocycles. The van der Waals surface area contributed by atoms with Gasteiger partial charge in [0.25, 0.3) is 5.69 Å². The Hall–Kier alpha value is -1.42. The second kappa shape index (κ2) is 4.60. The van der Waals surface area contributed by atoms with Gasteiger partial charge in [-0.2, -0.15) is 0 Å². The summed E-state index contributed by atoms with van der Waals surface area (Å²) in [5, 5.41) is 20.1. The molecule has 0 atom stereocenters. The molecular formula is C15H19NO3. The summed E-state index contributed by atoms with van der Waals surface area (Å²) in [5.41, 5.74) is 1.80. The van der Waals surface area contributed by atoms with Crippen molar-refractivity contribution in [2.45, 2.75) is 50.5 Å². The Morgan fingerprint density at radius 2 is 1.74 bits per heavy atom. The number of non-ortho nitro benzene ring substituents is 1. The molecule has 19 heavy (non-hydrogen) atoms. The van der Waals surface area contributed by atoms with Crippen molar-refractivity contribution in [1.29, 1.82) is 0 Å². The van der Waals surface area contributed by atoms with Crippen molar-refractivity contribution in [1.82, 2.24) is 0 Å². The van der Waals surface area contributed by atoms with Gasteiger partial charge in [0.2, 0.25) is 0 Å². The van der Waals surface area contributed by atoms with Crippen LogP contribution in [-0.2, 0) is 0 Å². The van der Waals surface area contributed by atoms with Gasteiger partial charge in [0.1, 0.15) is 0 Å². The number of hydrogen-bond donors (Lipinski definition) is 1. The van der Waals surface area contributed by atoms with Crippen LogP contribution < -0.4 is 0 Å². The van der Waals surface area contributed by atoms with Crippen LogP contribution >= 0.6 is 0 Å². The molecule has 102 valence electrons. The summed E-state index contributed by atoms with van der Waals surface area (Å²) in [7, 11) is 0. The summed E-state index contributed by atoms with van der Waals surface area (Å²) in [6, 6.07) is 7.01. The Morgan fingerprint density at radius 1 is 1.16 bits per heavy atom. The Bertz CT molecular complexity index is 467. The largest absolute Gasteiger partial charge is 0.393 e. The van der Waals surface area contributed by atoms with E-state index in [9.17, 15) is 15.2 Å². The lowest BCUT2D eigenvalue weighted by Crippen LogP contribution is -2.43. The molecule has 1 aromatic rings. The number of nitrogens with zero attached hydrogens (tertiary/aromatic N) is 1. The first-order chi connectivity index (χ1) is 9.08. The van der Waals surface area contributed by atoms with Gasteiger partial charge in [-0.3, -0.25) is 10.1 Å². The smallest absolute Gasteiger partial charge is 0.269 e. The lowest BCUT2D eigenvalue weighted by Gasteiger charge is -2.49. The zero-order valence-corrected chi connectivity index (χ0v) is 10.9. The summed E-state index contributed by atoms with van der Waals surface area (Å²) >= 11 is 0. The van der Waals surface area contributed by atoms with E-state index in [1.165, 1.54) is 18.4 Å². The summed E-state index contributed by atoms with van der Waals surface area (Å²) in [6.45, 7) is 0. The van der Waals surface area contributed by atoms with Crippen molar-refractivity contribution in [3.05, 3.63) is 39.9 Å². The molecule has 2 aliphatic rings. The van der Waals surface area contributed by atoms with E-state index in [4.69, 9.17) is 0 Å². The van der Waals surface area contributed by atoms with Crippen molar-refractivity contribution < 1.29 is 10.0 Å². The van der Waals surface area contributed by atoms with Crippen LogP contribution in [-0.4, -0.2) is 16.1 Å². The highest BCUT2D eigenvalue weighted by Gasteiger charge is 2.45. The monoisotopic (exact) mass is 261 g/mol. The van der Waals surface area contributed by atoms with E-state index in [2.05, 4.69) is 0 Å². The minimum absolute atomic E-state index is 0.0732. The predicted molar refractivity (Wildman–Crippen MR) is 72.0 cm³/mol. The minimum atomic E-state index is -0.352. The van der Waals surface area contributed by atoms with Gasteiger partial charge >= 0.3 is 0 Å². The molecule has 1 N–H and O–H groups in total. The molecular weight excluding hydrogens is 242 g/mol. The number of aliphatic hydroxyl groups excluding tert-OH is 1. The standard InChI is InChI=1S/C15H19NO3/c17-14-9-15(10-14)7-5-12(6-8-15)11-1-3-13(4-2-11)16(18)19/h1-4,12,14,17H,5-10H2. The van der Waals surface area contributed by atoms with Crippen molar-refractivity contribution in [2.24, 2.45) is 5.41 Å². The second-order valence-corrected chi connectivity index (χ2v) is 6.18. The molecule has 0 radical (unpaired) electrons. The number of benzene rings is 1. The van der Waals surface area contributed by atoms with E-state index in [0.29, 0.717) is 11.3 Å². The molecule has 2 saturated carbocycles. The van der Waals surface area contributed by atoms with Crippen molar-refractivity contribution >= 4 is 5.69 Å². The van der Waals surface area contributed by atoms with Crippen molar-refractivity contribution in [2.75, 3.05) is 0 Å². The average molecular weight is 261 g/mol. The zero-order valence-electron chi connectivity index (χ0n) is 10.9. The highest BCUT2D eigenvalue weighted by atomic mass is 16.6. The van der Waals surface area contributed by atoms with E-state index in [0.717, 1.165) is 25.7 Å². The van der Waals surface area contributed by atoms with Gasteiger partial charge < -0.3 is 5.11 Å². The first-order valence-corrected chi connectivity index (χ1v) is 7.00. The fraction of sp³-hybridized carbons (Fsp3) is 0.600. The van der Waals surface area contributed by atoms with Gasteiger partial charge in [-0.1, -0.05) is 12.1 Å². The fourth-order valence-corrected chi connectivity index (χ4v) is 3.78. The summed E-state index contributed by atoms with van der Waals surface area (Å²) in [5.74, 6) is 0.532. The lowest BCUT2D eigenvalue weighted by molar-refractivity contribution is -0.384. The summed E-state index contributed by atoms with van der Waals surface area (Å²) < 4.78 is 0. The maximum Gasteiger partial charge on any atom is 0.269 e. The highest BCUT2D eigenvalue weighted by Crippen LogP contribution is 2.54. The molecule has 2 aliphatic carbocycles. The third-order valence-electron chi connectivity index (χ3n) is 4.96. The topological polar surface area (TPSA) is 63.4 Å². The van der Waals surface area contributed by atoms with Crippen LogP contribution in [0.2, 0.25) is 0 Å². The van der Waals surface area contributed by atoms with E-state index in [1.54, 1.807) is 12.1 Å². The minimum Gasteiger partial charge on any atom is -0.393 e. The molecule has 1 aromatic carbocycles. The van der Waals surface area contributed by atoms with Crippen LogP contribution in [0.15, 0.2) is 24.3 Å². The first kappa shape index (κ1) is 12.6. The summed E-state index contributed by atoms with van der Waals surface area (Å²) in [6.07, 6.45) is 6.53. The van der Waals surface area contributed by atoms with Crippen LogP contribution in [0.3, 0.4) is 0 Å². The molecule has 2 fully saturated rings. The molecule has 0 heterocycles. The Kier molecular flexibility index (Phi) is 3.05. The number of nitro benzene ring substituents is 1. The molecule has 0 bridgehead atoms. The lowest BCUT2D eigenvalue weighted by atomic mass is 9.57. The Balaban J connectivity index is 1.63. The van der Waals surface area contributed by atoms with Gasteiger partial charge in [-0.25, -0.2) is 0 Å². The molecule has 3 rings (SSSR count). The normalized spacial score (nSPS) is 33.9. The van der Waals surface area contributed by atoms with E-state index >= 15 is 0 Å². The van der Waals surface area contributed by atoms with E-state index < -0.39 is 0 Å². The molecule has 0 aromatic heterocycles. The third kappa shape index (κ3) is 2.37. The highest BCUT2D eigenvalue weighted by molar-refractivity contribution is 5.34. The van der Waals surface area contributed by atoms with Gasteiger partial charge in [0.15, 0.2) is 0 Å². The van der Waals surface area contributed by atoms with E-state index in [-0.39, 0.29) is 16.7 Å². The molecule has 4 heteroatoms. The van der Waals surface area contributed by atoms with Crippen LogP contribution in [0.25, 0.3) is 0 Å². The fourth-order valence-electron chi connectivity index (χ4n) is 3.78. The maximum atomic E-state index is 10.6. The van der Waals surface area contributed by atoms with Gasteiger partial charge in [-0.05, 0) is 55.4 Å². The average Bonchev–Trinajstić information content (AvgIpc) is 2.38. The van der Waals surface area contributed by atoms with Crippen LogP contribution in [0.4, 0.5) is 5.69 Å². The van der Waals surface area contributed by atoms with Crippen molar-refractivity contribution in [3.8, 4) is 0 Å². The van der Waals surface area contributed by atoms with Crippen LogP contribution in [0, 0.1) is 15.5 Å². The van der Waals surface area contributed by atoms with Crippen LogP contribution in [0.5, 0.6) is 0 Å². The number of hydrogen-bond acceptors (Lipinski definition) is 3. The summed E-state index contributed by atoms with van der Waals surface area (Å²) in [4.78, 5) is 10.3. The molecule has 0 aliphatic heterocycles. The first-order valence-electron chi connectivity index (χ1n) is 7.00. The number of aliphatic hydroxyl groups is 1. The predicted octanol–water partition coefficient (Wildman–Crippen LogP) is 3.39. The molecule has 0 unspecified atom stereocenters. The third-order valence-corrected chi connectivity index (χ3v) is 4.96. The Labute approximate surface area is 112 Å². The number of rotatable bonds is 2. The van der Waals surface area contributed by atoms with Gasteiger partial charge in [-0.15, -0.1) is 0 Å². The van der Waals surface area contributed by atoms with Gasteiger partial charge in [0.05, 0.1) is 11.0 Å². The molecule has 4 nitrogen and oxygen atoms in total. The SMILES string of the molecule is O=[N+]([O-])c1ccc(C2CCC3(CC2)CC(O)C3)cc1. The zero-order chi connectivity index (χ0) is 13.5. The maximum absolute atomic E-state index is 10.6.